The van der Waals surface area contributed by atoms with Crippen LogP contribution in [0.2, 0.25) is 0 Å². The lowest BCUT2D eigenvalue weighted by Crippen LogP contribution is -2.49. The van der Waals surface area contributed by atoms with E-state index in [1.165, 1.54) is 24.9 Å². The summed E-state index contributed by atoms with van der Waals surface area (Å²) >= 11 is 1.33. The van der Waals surface area contributed by atoms with Gasteiger partial charge in [0.25, 0.3) is 0 Å². The maximum absolute atomic E-state index is 14.0. The van der Waals surface area contributed by atoms with Crippen molar-refractivity contribution in [2.45, 2.75) is 110 Å². The van der Waals surface area contributed by atoms with Crippen molar-refractivity contribution in [3.8, 4) is 11.8 Å². The van der Waals surface area contributed by atoms with E-state index >= 15 is 0 Å². The number of anilines is 1. The number of thiophene rings is 1. The van der Waals surface area contributed by atoms with Crippen LogP contribution in [0.15, 0.2) is 6.07 Å². The minimum atomic E-state index is -0.401. The first-order chi connectivity index (χ1) is 16.6. The molecule has 0 aliphatic heterocycles. The number of carbonyl (C=O) groups is 2. The molecule has 2 aliphatic carbocycles. The van der Waals surface area contributed by atoms with Crippen molar-refractivity contribution in [2.75, 3.05) is 18.6 Å². The van der Waals surface area contributed by atoms with E-state index in [0.29, 0.717) is 10.6 Å². The third-order valence-electron chi connectivity index (χ3n) is 7.13. The van der Waals surface area contributed by atoms with Crippen LogP contribution in [0, 0.1) is 23.2 Å². The number of methoxy groups -OCH3 is 1. The molecule has 0 aromatic carbocycles. The van der Waals surface area contributed by atoms with Crippen LogP contribution in [-0.2, 0) is 14.3 Å². The van der Waals surface area contributed by atoms with E-state index < -0.39 is 5.97 Å². The summed E-state index contributed by atoms with van der Waals surface area (Å²) in [5, 5.41) is 0. The molecule has 0 N–H and O–H groups in total. The molecule has 6 heteroatoms. The molecule has 2 aliphatic rings. The van der Waals surface area contributed by atoms with Gasteiger partial charge in [0, 0.05) is 24.0 Å². The van der Waals surface area contributed by atoms with Gasteiger partial charge >= 0.3 is 5.97 Å². The van der Waals surface area contributed by atoms with Crippen molar-refractivity contribution >= 4 is 28.9 Å². The van der Waals surface area contributed by atoms with E-state index in [-0.39, 0.29) is 28.9 Å². The number of rotatable bonds is 7. The Morgan fingerprint density at radius 2 is 1.80 bits per heavy atom. The standard InChI is InChI=1S/C29H43NO4S/c1-7-19-34-29(5)17-13-22(14-18-29)30(26(31)21-11-9-8-10-12-21)24-20-23(15-16-28(2,3)4)35-25(24)27(32)33-6/h20-22H,7-14,17-19H2,1-6H3. The zero-order chi connectivity index (χ0) is 25.6. The molecular weight excluding hydrogens is 458 g/mol. The number of amides is 1. The minimum absolute atomic E-state index is 0.0166. The van der Waals surface area contributed by atoms with Gasteiger partial charge in [-0.2, -0.15) is 0 Å². The molecule has 1 heterocycles. The Morgan fingerprint density at radius 3 is 2.37 bits per heavy atom. The quantitative estimate of drug-likeness (QED) is 0.299. The molecular formula is C29H43NO4S. The molecule has 1 amide bonds. The first-order valence-electron chi connectivity index (χ1n) is 13.3. The number of ether oxygens (including phenoxy) is 2. The molecule has 5 nitrogen and oxygen atoms in total. The maximum atomic E-state index is 14.0. The first kappa shape index (κ1) is 27.7. The predicted molar refractivity (Wildman–Crippen MR) is 143 cm³/mol. The number of hydrogen-bond donors (Lipinski definition) is 0. The van der Waals surface area contributed by atoms with E-state index in [4.69, 9.17) is 9.47 Å². The third-order valence-corrected chi connectivity index (χ3v) is 8.15. The molecule has 35 heavy (non-hydrogen) atoms. The smallest absolute Gasteiger partial charge is 0.350 e. The molecule has 0 bridgehead atoms. The van der Waals surface area contributed by atoms with Crippen LogP contribution in [0.25, 0.3) is 0 Å². The van der Waals surface area contributed by atoms with Crippen molar-refractivity contribution < 1.29 is 19.1 Å². The highest BCUT2D eigenvalue weighted by molar-refractivity contribution is 7.15. The Balaban J connectivity index is 1.98. The summed E-state index contributed by atoms with van der Waals surface area (Å²) in [6.07, 6.45) is 9.75. The van der Waals surface area contributed by atoms with Crippen LogP contribution in [0.4, 0.5) is 5.69 Å². The third kappa shape index (κ3) is 7.33. The van der Waals surface area contributed by atoms with E-state index in [2.05, 4.69) is 46.5 Å². The maximum Gasteiger partial charge on any atom is 0.350 e. The fraction of sp³-hybridized carbons (Fsp3) is 0.724. The van der Waals surface area contributed by atoms with E-state index in [9.17, 15) is 9.59 Å². The Morgan fingerprint density at radius 1 is 1.14 bits per heavy atom. The highest BCUT2D eigenvalue weighted by atomic mass is 32.1. The second-order valence-electron chi connectivity index (χ2n) is 11.4. The summed E-state index contributed by atoms with van der Waals surface area (Å²) in [5.41, 5.74) is 0.382. The van der Waals surface area contributed by atoms with Crippen LogP contribution in [0.5, 0.6) is 0 Å². The molecule has 3 rings (SSSR count). The van der Waals surface area contributed by atoms with Gasteiger partial charge in [-0.25, -0.2) is 4.79 Å². The lowest BCUT2D eigenvalue weighted by atomic mass is 9.81. The van der Waals surface area contributed by atoms with Crippen molar-refractivity contribution in [3.05, 3.63) is 15.8 Å². The second kappa shape index (κ2) is 11.9. The lowest BCUT2D eigenvalue weighted by Gasteiger charge is -2.42. The topological polar surface area (TPSA) is 55.8 Å². The van der Waals surface area contributed by atoms with Gasteiger partial charge in [0.1, 0.15) is 4.88 Å². The molecule has 0 unspecified atom stereocenters. The highest BCUT2D eigenvalue weighted by Crippen LogP contribution is 2.41. The van der Waals surface area contributed by atoms with Crippen molar-refractivity contribution in [2.24, 2.45) is 11.3 Å². The van der Waals surface area contributed by atoms with E-state index in [0.717, 1.165) is 69.3 Å². The molecule has 194 valence electrons. The fourth-order valence-corrected chi connectivity index (χ4v) is 6.04. The van der Waals surface area contributed by atoms with Crippen molar-refractivity contribution in [3.63, 3.8) is 0 Å². The van der Waals surface area contributed by atoms with Gasteiger partial charge in [-0.15, -0.1) is 11.3 Å². The number of carbonyl (C=O) groups excluding carboxylic acids is 2. The SMILES string of the molecule is CCCOC1(C)CCC(N(C(=O)C2CCCCC2)c2cc(C#CC(C)(C)C)sc2C(=O)OC)CC1. The Labute approximate surface area is 215 Å². The van der Waals surface area contributed by atoms with Gasteiger partial charge in [-0.05, 0) is 78.7 Å². The fourth-order valence-electron chi connectivity index (χ4n) is 5.12. The molecule has 0 saturated heterocycles. The Bertz CT molecular complexity index is 934. The second-order valence-corrected chi connectivity index (χ2v) is 12.4. The average Bonchev–Trinajstić information content (AvgIpc) is 3.26. The Kier molecular flexibility index (Phi) is 9.46. The average molecular weight is 502 g/mol. The summed E-state index contributed by atoms with van der Waals surface area (Å²) in [5.74, 6) is 6.28. The van der Waals surface area contributed by atoms with Gasteiger partial charge in [0.2, 0.25) is 5.91 Å². The first-order valence-corrected chi connectivity index (χ1v) is 14.1. The molecule has 2 fully saturated rings. The Hall–Kier alpha value is -1.84. The van der Waals surface area contributed by atoms with Gasteiger partial charge in [0.05, 0.1) is 23.3 Å². The molecule has 2 saturated carbocycles. The van der Waals surface area contributed by atoms with Crippen molar-refractivity contribution in [1.29, 1.82) is 0 Å². The van der Waals surface area contributed by atoms with Crippen molar-refractivity contribution in [1.82, 2.24) is 0 Å². The normalized spacial score (nSPS) is 23.3. The number of nitrogens with zero attached hydrogens (tertiary/aromatic N) is 1. The zero-order valence-electron chi connectivity index (χ0n) is 22.5. The largest absolute Gasteiger partial charge is 0.465 e. The monoisotopic (exact) mass is 501 g/mol. The summed E-state index contributed by atoms with van der Waals surface area (Å²) in [4.78, 5) is 30.1. The van der Waals surface area contributed by atoms with Gasteiger partial charge in [0.15, 0.2) is 0 Å². The van der Waals surface area contributed by atoms with Crippen LogP contribution in [-0.4, -0.2) is 37.2 Å². The van der Waals surface area contributed by atoms with Crippen LogP contribution in [0.3, 0.4) is 0 Å². The summed E-state index contributed by atoms with van der Waals surface area (Å²) < 4.78 is 11.3. The van der Waals surface area contributed by atoms with Crippen LogP contribution >= 0.6 is 11.3 Å². The van der Waals surface area contributed by atoms with E-state index in [1.807, 2.05) is 11.0 Å². The predicted octanol–water partition coefficient (Wildman–Crippen LogP) is 6.97. The summed E-state index contributed by atoms with van der Waals surface area (Å²) in [6, 6.07) is 1.99. The molecule has 0 spiro atoms. The molecule has 0 atom stereocenters. The highest BCUT2D eigenvalue weighted by Gasteiger charge is 2.40. The van der Waals surface area contributed by atoms with E-state index in [1.54, 1.807) is 0 Å². The van der Waals surface area contributed by atoms with Crippen LogP contribution < -0.4 is 4.90 Å². The van der Waals surface area contributed by atoms with Crippen LogP contribution in [0.1, 0.15) is 113 Å². The number of hydrogen-bond acceptors (Lipinski definition) is 5. The molecule has 0 radical (unpaired) electrons. The number of esters is 1. The lowest BCUT2D eigenvalue weighted by molar-refractivity contribution is -0.124. The molecule has 1 aromatic heterocycles. The summed E-state index contributed by atoms with van der Waals surface area (Å²) in [7, 11) is 1.40. The van der Waals surface area contributed by atoms with Gasteiger partial charge in [-0.3, -0.25) is 4.79 Å². The van der Waals surface area contributed by atoms with Gasteiger partial charge < -0.3 is 14.4 Å². The zero-order valence-corrected chi connectivity index (χ0v) is 23.3. The minimum Gasteiger partial charge on any atom is -0.465 e. The summed E-state index contributed by atoms with van der Waals surface area (Å²) in [6.45, 7) is 11.3. The molecule has 1 aromatic rings. The van der Waals surface area contributed by atoms with Gasteiger partial charge in [-0.1, -0.05) is 38.0 Å².